The first-order valence-corrected chi connectivity index (χ1v) is 9.73. The van der Waals surface area contributed by atoms with Gasteiger partial charge in [0, 0.05) is 12.6 Å². The molecule has 7 nitrogen and oxygen atoms in total. The summed E-state index contributed by atoms with van der Waals surface area (Å²) >= 11 is 0. The lowest BCUT2D eigenvalue weighted by Crippen LogP contribution is -2.40. The summed E-state index contributed by atoms with van der Waals surface area (Å²) in [5.41, 5.74) is -1.00. The van der Waals surface area contributed by atoms with Crippen LogP contribution in [0.1, 0.15) is 25.0 Å². The molecule has 0 bridgehead atoms. The van der Waals surface area contributed by atoms with Gasteiger partial charge in [0.2, 0.25) is 5.91 Å². The van der Waals surface area contributed by atoms with Crippen LogP contribution in [-0.4, -0.2) is 43.0 Å². The molecule has 0 aromatic heterocycles. The molecule has 0 saturated carbocycles. The summed E-state index contributed by atoms with van der Waals surface area (Å²) < 4.78 is 50.2. The van der Waals surface area contributed by atoms with Gasteiger partial charge in [-0.3, -0.25) is 9.59 Å². The Morgan fingerprint density at radius 2 is 1.81 bits per heavy atom. The average molecular weight is 449 g/mol. The van der Waals surface area contributed by atoms with Crippen molar-refractivity contribution >= 4 is 17.5 Å². The van der Waals surface area contributed by atoms with Gasteiger partial charge in [-0.25, -0.2) is 0 Å². The highest BCUT2D eigenvalue weighted by Crippen LogP contribution is 2.34. The first-order chi connectivity index (χ1) is 15.2. The molecule has 0 saturated heterocycles. The number of amides is 2. The highest BCUT2D eigenvalue weighted by molar-refractivity contribution is 5.95. The molecule has 0 spiro atoms. The molecule has 0 fully saturated rings. The maximum Gasteiger partial charge on any atom is 0.418 e. The summed E-state index contributed by atoms with van der Waals surface area (Å²) in [5, 5.41) is 11.2. The number of para-hydroxylation sites is 1. The van der Waals surface area contributed by atoms with Gasteiger partial charge in [-0.05, 0) is 38.1 Å². The van der Waals surface area contributed by atoms with E-state index in [9.17, 15) is 22.8 Å². The Bertz CT molecular complexity index is 1000. The van der Waals surface area contributed by atoms with Crippen LogP contribution in [0.3, 0.4) is 0 Å². The van der Waals surface area contributed by atoms with E-state index in [1.54, 1.807) is 13.8 Å². The Balaban J connectivity index is 2.02. The summed E-state index contributed by atoms with van der Waals surface area (Å²) in [5.74, 6) is -0.772. The molecule has 0 aliphatic carbocycles. The zero-order chi connectivity index (χ0) is 23.7. The van der Waals surface area contributed by atoms with Gasteiger partial charge in [0.15, 0.2) is 18.1 Å². The molecule has 0 heterocycles. The van der Waals surface area contributed by atoms with Crippen LogP contribution >= 0.6 is 0 Å². The Hall–Kier alpha value is -3.74. The summed E-state index contributed by atoms with van der Waals surface area (Å²) in [6, 6.07) is 11.0. The van der Waals surface area contributed by atoms with E-state index in [-0.39, 0.29) is 18.0 Å². The minimum absolute atomic E-state index is 0.141. The molecule has 2 rings (SSSR count). The molecule has 2 amide bonds. The van der Waals surface area contributed by atoms with Gasteiger partial charge in [0.25, 0.3) is 5.91 Å². The zero-order valence-corrected chi connectivity index (χ0v) is 17.5. The largest absolute Gasteiger partial charge is 0.490 e. The van der Waals surface area contributed by atoms with Crippen LogP contribution in [0.5, 0.6) is 11.5 Å². The number of rotatable bonds is 9. The van der Waals surface area contributed by atoms with Crippen molar-refractivity contribution in [2.24, 2.45) is 0 Å². The molecule has 0 unspecified atom stereocenters. The number of anilines is 1. The maximum atomic E-state index is 13.1. The minimum Gasteiger partial charge on any atom is -0.490 e. The van der Waals surface area contributed by atoms with E-state index in [0.29, 0.717) is 17.9 Å². The molecule has 0 atom stereocenters. The molecule has 0 aliphatic rings. The van der Waals surface area contributed by atoms with Crippen LogP contribution in [-0.2, 0) is 15.8 Å². The quantitative estimate of drug-likeness (QED) is 0.628. The fraction of sp³-hybridized carbons (Fsp3) is 0.318. The number of hydrogen-bond donors (Lipinski definition) is 1. The van der Waals surface area contributed by atoms with Crippen molar-refractivity contribution in [2.45, 2.75) is 20.0 Å². The third-order valence-corrected chi connectivity index (χ3v) is 4.30. The van der Waals surface area contributed by atoms with Crippen LogP contribution in [0.2, 0.25) is 0 Å². The molecule has 2 aromatic rings. The number of carbonyl (C=O) groups excluding carboxylic acids is 2. The van der Waals surface area contributed by atoms with Gasteiger partial charge in [-0.2, -0.15) is 18.4 Å². The highest BCUT2D eigenvalue weighted by Gasteiger charge is 2.33. The summed E-state index contributed by atoms with van der Waals surface area (Å²) in [6.07, 6.45) is -4.63. The number of likely N-dealkylation sites (N-methyl/N-ethyl adjacent to an activating group) is 1. The number of alkyl halides is 3. The van der Waals surface area contributed by atoms with E-state index in [1.165, 1.54) is 30.3 Å². The second-order valence-electron chi connectivity index (χ2n) is 6.49. The SMILES string of the molecule is CCOc1cc(C#N)ccc1OCC(=O)N(CC)CC(=O)Nc1ccccc1C(F)(F)F. The van der Waals surface area contributed by atoms with Crippen molar-refractivity contribution in [3.63, 3.8) is 0 Å². The van der Waals surface area contributed by atoms with E-state index in [2.05, 4.69) is 5.32 Å². The van der Waals surface area contributed by atoms with Crippen LogP contribution in [0.4, 0.5) is 18.9 Å². The third kappa shape index (κ3) is 6.63. The van der Waals surface area contributed by atoms with Crippen molar-refractivity contribution in [2.75, 3.05) is 31.6 Å². The summed E-state index contributed by atoms with van der Waals surface area (Å²) in [7, 11) is 0. The Labute approximate surface area is 183 Å². The van der Waals surface area contributed by atoms with Crippen molar-refractivity contribution < 1.29 is 32.2 Å². The number of halogens is 3. The van der Waals surface area contributed by atoms with Crippen LogP contribution < -0.4 is 14.8 Å². The van der Waals surface area contributed by atoms with Crippen LogP contribution in [0.25, 0.3) is 0 Å². The molecule has 32 heavy (non-hydrogen) atoms. The van der Waals surface area contributed by atoms with E-state index < -0.39 is 36.7 Å². The number of hydrogen-bond acceptors (Lipinski definition) is 5. The molecule has 0 aliphatic heterocycles. The van der Waals surface area contributed by atoms with Crippen molar-refractivity contribution in [3.05, 3.63) is 53.6 Å². The van der Waals surface area contributed by atoms with Crippen molar-refractivity contribution in [1.29, 1.82) is 5.26 Å². The van der Waals surface area contributed by atoms with Gasteiger partial charge >= 0.3 is 6.18 Å². The molecule has 10 heteroatoms. The third-order valence-electron chi connectivity index (χ3n) is 4.30. The van der Waals surface area contributed by atoms with E-state index >= 15 is 0 Å². The zero-order valence-electron chi connectivity index (χ0n) is 17.5. The van der Waals surface area contributed by atoms with Crippen LogP contribution in [0.15, 0.2) is 42.5 Å². The lowest BCUT2D eigenvalue weighted by Gasteiger charge is -2.21. The van der Waals surface area contributed by atoms with E-state index in [4.69, 9.17) is 14.7 Å². The van der Waals surface area contributed by atoms with Crippen LogP contribution in [0, 0.1) is 11.3 Å². The van der Waals surface area contributed by atoms with E-state index in [1.807, 2.05) is 6.07 Å². The number of nitriles is 1. The maximum absolute atomic E-state index is 13.1. The van der Waals surface area contributed by atoms with Gasteiger partial charge < -0.3 is 19.7 Å². The summed E-state index contributed by atoms with van der Waals surface area (Å²) in [6.45, 7) is 2.97. The second kappa shape index (κ2) is 11.0. The molecule has 170 valence electrons. The average Bonchev–Trinajstić information content (AvgIpc) is 2.76. The van der Waals surface area contributed by atoms with E-state index in [0.717, 1.165) is 17.0 Å². The monoisotopic (exact) mass is 449 g/mol. The van der Waals surface area contributed by atoms with Crippen molar-refractivity contribution in [1.82, 2.24) is 4.90 Å². The Kier molecular flexibility index (Phi) is 8.46. The van der Waals surface area contributed by atoms with Crippen molar-refractivity contribution in [3.8, 4) is 17.6 Å². The molecule has 0 radical (unpaired) electrons. The number of nitrogens with zero attached hydrogens (tertiary/aromatic N) is 2. The van der Waals surface area contributed by atoms with Gasteiger partial charge in [-0.15, -0.1) is 0 Å². The van der Waals surface area contributed by atoms with Gasteiger partial charge in [0.1, 0.15) is 0 Å². The summed E-state index contributed by atoms with van der Waals surface area (Å²) in [4.78, 5) is 25.9. The number of carbonyl (C=O) groups is 2. The normalized spacial score (nSPS) is 10.8. The second-order valence-corrected chi connectivity index (χ2v) is 6.49. The van der Waals surface area contributed by atoms with Gasteiger partial charge in [-0.1, -0.05) is 12.1 Å². The minimum atomic E-state index is -4.63. The predicted octanol–water partition coefficient (Wildman–Crippen LogP) is 3.84. The number of benzene rings is 2. The Morgan fingerprint density at radius 1 is 1.09 bits per heavy atom. The molecule has 1 N–H and O–H groups in total. The molecule has 2 aromatic carbocycles. The fourth-order valence-corrected chi connectivity index (χ4v) is 2.77. The lowest BCUT2D eigenvalue weighted by atomic mass is 10.1. The first kappa shape index (κ1) is 24.5. The lowest BCUT2D eigenvalue weighted by molar-refractivity contribution is -0.138. The highest BCUT2D eigenvalue weighted by atomic mass is 19.4. The molecular weight excluding hydrogens is 427 g/mol. The smallest absolute Gasteiger partial charge is 0.418 e. The fourth-order valence-electron chi connectivity index (χ4n) is 2.77. The molecular formula is C22H22F3N3O4. The topological polar surface area (TPSA) is 91.7 Å². The first-order valence-electron chi connectivity index (χ1n) is 9.73. The standard InChI is InChI=1S/C22H22F3N3O4/c1-3-28(13-20(29)27-17-8-6-5-7-16(17)22(23,24)25)21(30)14-32-18-10-9-15(12-26)11-19(18)31-4-2/h5-11H,3-4,13-14H2,1-2H3,(H,27,29). The van der Waals surface area contributed by atoms with Gasteiger partial charge in [0.05, 0.1) is 36.0 Å². The Morgan fingerprint density at radius 3 is 2.44 bits per heavy atom. The predicted molar refractivity (Wildman–Crippen MR) is 110 cm³/mol. The number of ether oxygens (including phenoxy) is 2. The number of nitrogens with one attached hydrogen (secondary N) is 1.